The van der Waals surface area contributed by atoms with Crippen LogP contribution in [0.5, 0.6) is 0 Å². The van der Waals surface area contributed by atoms with Crippen LogP contribution in [-0.4, -0.2) is 28.9 Å². The normalized spacial score (nSPS) is 16.1. The summed E-state index contributed by atoms with van der Waals surface area (Å²) < 4.78 is 0. The Morgan fingerprint density at radius 2 is 1.96 bits per heavy atom. The molecule has 118 valence electrons. The molecular formula is C19H20N2OS. The molecule has 4 heteroatoms. The fraction of sp³-hybridized carbons (Fsp3) is 0.316. The van der Waals surface area contributed by atoms with E-state index in [0.29, 0.717) is 5.92 Å². The fourth-order valence-corrected chi connectivity index (χ4v) is 4.37. The Labute approximate surface area is 139 Å². The molecule has 0 unspecified atom stereocenters. The van der Waals surface area contributed by atoms with Gasteiger partial charge in [-0.15, -0.1) is 11.3 Å². The molecule has 1 aliphatic rings. The van der Waals surface area contributed by atoms with Crippen LogP contribution in [0.1, 0.15) is 38.9 Å². The maximum absolute atomic E-state index is 12.5. The van der Waals surface area contributed by atoms with Gasteiger partial charge in [-0.25, -0.2) is 0 Å². The Kier molecular flexibility index (Phi) is 3.69. The second kappa shape index (κ2) is 5.85. The molecule has 3 heterocycles. The molecule has 0 bridgehead atoms. The van der Waals surface area contributed by atoms with E-state index >= 15 is 0 Å². The Morgan fingerprint density at radius 3 is 2.70 bits per heavy atom. The lowest BCUT2D eigenvalue weighted by molar-refractivity contribution is 0.0718. The van der Waals surface area contributed by atoms with Gasteiger partial charge in [-0.1, -0.05) is 18.2 Å². The van der Waals surface area contributed by atoms with Crippen molar-refractivity contribution in [2.45, 2.75) is 25.7 Å². The maximum Gasteiger partial charge on any atom is 0.263 e. The summed E-state index contributed by atoms with van der Waals surface area (Å²) in [6.45, 7) is 3.74. The van der Waals surface area contributed by atoms with Gasteiger partial charge < -0.3 is 9.88 Å². The van der Waals surface area contributed by atoms with Crippen LogP contribution < -0.4 is 0 Å². The number of rotatable bonds is 2. The minimum absolute atomic E-state index is 0.195. The lowest BCUT2D eigenvalue weighted by Gasteiger charge is -2.31. The maximum atomic E-state index is 12.5. The second-order valence-corrected chi connectivity index (χ2v) is 7.55. The Balaban J connectivity index is 1.48. The topological polar surface area (TPSA) is 36.1 Å². The first-order valence-electron chi connectivity index (χ1n) is 8.14. The van der Waals surface area contributed by atoms with Crippen molar-refractivity contribution >= 4 is 28.1 Å². The summed E-state index contributed by atoms with van der Waals surface area (Å²) in [6, 6.07) is 12.4. The first-order valence-corrected chi connectivity index (χ1v) is 8.96. The van der Waals surface area contributed by atoms with Crippen LogP contribution in [0.2, 0.25) is 0 Å². The monoisotopic (exact) mass is 324 g/mol. The van der Waals surface area contributed by atoms with E-state index in [9.17, 15) is 4.79 Å². The van der Waals surface area contributed by atoms with E-state index < -0.39 is 0 Å². The molecule has 1 aromatic carbocycles. The number of fused-ring (bicyclic) bond motifs is 1. The minimum Gasteiger partial charge on any atom is -0.361 e. The number of likely N-dealkylation sites (tertiary alicyclic amines) is 1. The van der Waals surface area contributed by atoms with E-state index in [0.717, 1.165) is 30.8 Å². The van der Waals surface area contributed by atoms with Gasteiger partial charge >= 0.3 is 0 Å². The van der Waals surface area contributed by atoms with E-state index in [-0.39, 0.29) is 5.91 Å². The molecule has 3 aromatic rings. The average molecular weight is 324 g/mol. The predicted molar refractivity (Wildman–Crippen MR) is 95.2 cm³/mol. The number of aryl methyl sites for hydroxylation is 1. The molecule has 1 saturated heterocycles. The zero-order chi connectivity index (χ0) is 15.8. The van der Waals surface area contributed by atoms with Crippen molar-refractivity contribution in [3.8, 4) is 0 Å². The summed E-state index contributed by atoms with van der Waals surface area (Å²) in [5.41, 5.74) is 2.61. The summed E-state index contributed by atoms with van der Waals surface area (Å²) >= 11 is 1.59. The number of thiophene rings is 1. The molecule has 3 nitrogen and oxygen atoms in total. The Hall–Kier alpha value is -2.07. The van der Waals surface area contributed by atoms with Crippen molar-refractivity contribution in [1.29, 1.82) is 0 Å². The third kappa shape index (κ3) is 2.68. The summed E-state index contributed by atoms with van der Waals surface area (Å²) in [6.07, 6.45) is 4.23. The number of carbonyl (C=O) groups excluding carboxylic acids is 1. The molecule has 23 heavy (non-hydrogen) atoms. The van der Waals surface area contributed by atoms with Crippen LogP contribution in [0.4, 0.5) is 0 Å². The molecule has 0 spiro atoms. The van der Waals surface area contributed by atoms with Gasteiger partial charge in [-0.2, -0.15) is 0 Å². The van der Waals surface area contributed by atoms with Crippen molar-refractivity contribution < 1.29 is 4.79 Å². The summed E-state index contributed by atoms with van der Waals surface area (Å²) in [5, 5.41) is 1.33. The Morgan fingerprint density at radius 1 is 1.17 bits per heavy atom. The van der Waals surface area contributed by atoms with E-state index in [1.54, 1.807) is 11.3 Å². The van der Waals surface area contributed by atoms with Crippen molar-refractivity contribution in [3.63, 3.8) is 0 Å². The zero-order valence-electron chi connectivity index (χ0n) is 13.2. The van der Waals surface area contributed by atoms with Crippen molar-refractivity contribution in [2.75, 3.05) is 13.1 Å². The number of carbonyl (C=O) groups is 1. The number of benzene rings is 1. The number of para-hydroxylation sites is 1. The van der Waals surface area contributed by atoms with Crippen LogP contribution in [0.3, 0.4) is 0 Å². The van der Waals surface area contributed by atoms with E-state index in [1.165, 1.54) is 21.3 Å². The van der Waals surface area contributed by atoms with Crippen LogP contribution in [0.15, 0.2) is 42.6 Å². The SMILES string of the molecule is Cc1ccc(C(=O)N2CCC(c3c[nH]c4ccccc34)CC2)s1. The zero-order valence-corrected chi connectivity index (χ0v) is 14.0. The van der Waals surface area contributed by atoms with Crippen molar-refractivity contribution in [3.05, 3.63) is 57.9 Å². The van der Waals surface area contributed by atoms with Crippen LogP contribution in [0.25, 0.3) is 10.9 Å². The number of aromatic nitrogens is 1. The highest BCUT2D eigenvalue weighted by atomic mass is 32.1. The van der Waals surface area contributed by atoms with Gasteiger partial charge in [0.15, 0.2) is 0 Å². The number of amides is 1. The largest absolute Gasteiger partial charge is 0.361 e. The molecule has 1 N–H and O–H groups in total. The molecule has 0 aliphatic carbocycles. The lowest BCUT2D eigenvalue weighted by Crippen LogP contribution is -2.37. The molecule has 1 fully saturated rings. The molecule has 2 aromatic heterocycles. The lowest BCUT2D eigenvalue weighted by atomic mass is 9.89. The van der Waals surface area contributed by atoms with Gasteiger partial charge in [0, 0.05) is 35.1 Å². The number of nitrogens with zero attached hydrogens (tertiary/aromatic N) is 1. The highest BCUT2D eigenvalue weighted by Crippen LogP contribution is 2.33. The van der Waals surface area contributed by atoms with Gasteiger partial charge in [-0.3, -0.25) is 4.79 Å². The van der Waals surface area contributed by atoms with Gasteiger partial charge in [0.1, 0.15) is 0 Å². The number of H-pyrrole nitrogens is 1. The van der Waals surface area contributed by atoms with Gasteiger partial charge in [0.2, 0.25) is 0 Å². The number of piperidine rings is 1. The third-order valence-corrected chi connectivity index (χ3v) is 5.78. The number of hydrogen-bond donors (Lipinski definition) is 1. The van der Waals surface area contributed by atoms with Crippen LogP contribution >= 0.6 is 11.3 Å². The first kappa shape index (κ1) is 14.5. The van der Waals surface area contributed by atoms with E-state index in [2.05, 4.69) is 35.4 Å². The minimum atomic E-state index is 0.195. The van der Waals surface area contributed by atoms with Crippen molar-refractivity contribution in [1.82, 2.24) is 9.88 Å². The predicted octanol–water partition coefficient (Wildman–Crippen LogP) is 4.56. The number of nitrogens with one attached hydrogen (secondary N) is 1. The molecular weight excluding hydrogens is 304 g/mol. The smallest absolute Gasteiger partial charge is 0.263 e. The fourth-order valence-electron chi connectivity index (χ4n) is 3.53. The third-order valence-electron chi connectivity index (χ3n) is 4.79. The quantitative estimate of drug-likeness (QED) is 0.737. The van der Waals surface area contributed by atoms with Gasteiger partial charge in [0.25, 0.3) is 5.91 Å². The van der Waals surface area contributed by atoms with Crippen LogP contribution in [0, 0.1) is 6.92 Å². The summed E-state index contributed by atoms with van der Waals surface area (Å²) in [7, 11) is 0. The van der Waals surface area contributed by atoms with Gasteiger partial charge in [-0.05, 0) is 49.4 Å². The molecule has 1 amide bonds. The molecule has 0 atom stereocenters. The molecule has 0 saturated carbocycles. The highest BCUT2D eigenvalue weighted by Gasteiger charge is 2.26. The van der Waals surface area contributed by atoms with Gasteiger partial charge in [0.05, 0.1) is 4.88 Å². The number of aromatic amines is 1. The summed E-state index contributed by atoms with van der Waals surface area (Å²) in [4.78, 5) is 20.0. The average Bonchev–Trinajstić information content (AvgIpc) is 3.21. The molecule has 4 rings (SSSR count). The van der Waals surface area contributed by atoms with E-state index in [4.69, 9.17) is 0 Å². The summed E-state index contributed by atoms with van der Waals surface area (Å²) in [5.74, 6) is 0.737. The van der Waals surface area contributed by atoms with Crippen molar-refractivity contribution in [2.24, 2.45) is 0 Å². The van der Waals surface area contributed by atoms with E-state index in [1.807, 2.05) is 24.0 Å². The van der Waals surface area contributed by atoms with Crippen LogP contribution in [-0.2, 0) is 0 Å². The molecule has 1 aliphatic heterocycles. The second-order valence-electron chi connectivity index (χ2n) is 6.27. The number of hydrogen-bond acceptors (Lipinski definition) is 2. The molecule has 0 radical (unpaired) electrons. The first-order chi connectivity index (χ1) is 11.2. The standard InChI is InChI=1S/C19H20N2OS/c1-13-6-7-18(23-13)19(22)21-10-8-14(9-11-21)16-12-20-17-5-3-2-4-15(16)17/h2-7,12,14,20H,8-11H2,1H3. The Bertz CT molecular complexity index is 840. The highest BCUT2D eigenvalue weighted by molar-refractivity contribution is 7.13.